The van der Waals surface area contributed by atoms with Crippen LogP contribution in [0.15, 0.2) is 11.8 Å². The summed E-state index contributed by atoms with van der Waals surface area (Å²) in [4.78, 5) is 2.46. The van der Waals surface area contributed by atoms with Crippen LogP contribution in [0.5, 0.6) is 0 Å². The standard InChI is InChI=1S/C15H27NO2/c1-3-15(2,16-10-6-4-7-11-16)14(17)13-9-5-8-12-18-13/h9,14,17H,3-8,10-12H2,1-2H3. The quantitative estimate of drug-likeness (QED) is 0.836. The summed E-state index contributed by atoms with van der Waals surface area (Å²) in [5, 5.41) is 10.7. The minimum atomic E-state index is -0.485. The molecule has 0 aromatic heterocycles. The van der Waals surface area contributed by atoms with Gasteiger partial charge in [0, 0.05) is 0 Å². The first kappa shape index (κ1) is 13.9. The first-order chi connectivity index (χ1) is 8.68. The zero-order valence-corrected chi connectivity index (χ0v) is 11.8. The number of likely N-dealkylation sites (tertiary alicyclic amines) is 1. The van der Waals surface area contributed by atoms with Gasteiger partial charge < -0.3 is 9.84 Å². The van der Waals surface area contributed by atoms with Gasteiger partial charge in [0.2, 0.25) is 0 Å². The molecule has 0 aromatic rings. The Balaban J connectivity index is 2.11. The molecule has 18 heavy (non-hydrogen) atoms. The zero-order valence-electron chi connectivity index (χ0n) is 11.8. The number of ether oxygens (including phenoxy) is 1. The largest absolute Gasteiger partial charge is 0.495 e. The molecule has 0 spiro atoms. The third kappa shape index (κ3) is 2.72. The number of allylic oxidation sites excluding steroid dienone is 1. The van der Waals surface area contributed by atoms with Crippen LogP contribution in [0.4, 0.5) is 0 Å². The average molecular weight is 253 g/mol. The Hall–Kier alpha value is -0.540. The van der Waals surface area contributed by atoms with Gasteiger partial charge in [0.05, 0.1) is 12.1 Å². The van der Waals surface area contributed by atoms with Crippen molar-refractivity contribution in [3.05, 3.63) is 11.8 Å². The van der Waals surface area contributed by atoms with Crippen LogP contribution in [-0.2, 0) is 4.74 Å². The van der Waals surface area contributed by atoms with Crippen LogP contribution in [0.3, 0.4) is 0 Å². The van der Waals surface area contributed by atoms with Gasteiger partial charge in [-0.25, -0.2) is 0 Å². The van der Waals surface area contributed by atoms with E-state index >= 15 is 0 Å². The fraction of sp³-hybridized carbons (Fsp3) is 0.867. The molecule has 0 amide bonds. The molecule has 0 saturated carbocycles. The molecule has 2 atom stereocenters. The molecule has 0 aliphatic carbocycles. The van der Waals surface area contributed by atoms with E-state index in [1.54, 1.807) is 0 Å². The number of aliphatic hydroxyl groups excluding tert-OH is 1. The molecule has 1 fully saturated rings. The molecule has 2 aliphatic heterocycles. The molecule has 2 aliphatic rings. The van der Waals surface area contributed by atoms with Gasteiger partial charge in [-0.05, 0) is 58.2 Å². The van der Waals surface area contributed by atoms with Crippen molar-refractivity contribution in [3.8, 4) is 0 Å². The fourth-order valence-electron chi connectivity index (χ4n) is 3.07. The number of hydrogen-bond acceptors (Lipinski definition) is 3. The van der Waals surface area contributed by atoms with Gasteiger partial charge >= 0.3 is 0 Å². The summed E-state index contributed by atoms with van der Waals surface area (Å²) in [6.07, 6.45) is 8.48. The van der Waals surface area contributed by atoms with Crippen LogP contribution in [0, 0.1) is 0 Å². The van der Waals surface area contributed by atoms with Crippen molar-refractivity contribution in [1.82, 2.24) is 4.90 Å². The van der Waals surface area contributed by atoms with E-state index in [-0.39, 0.29) is 5.54 Å². The Morgan fingerprint density at radius 3 is 2.61 bits per heavy atom. The summed E-state index contributed by atoms with van der Waals surface area (Å²) in [7, 11) is 0. The molecule has 0 radical (unpaired) electrons. The molecule has 0 aromatic carbocycles. The van der Waals surface area contributed by atoms with Gasteiger partial charge in [-0.3, -0.25) is 4.90 Å². The van der Waals surface area contributed by atoms with Gasteiger partial charge in [-0.15, -0.1) is 0 Å². The Morgan fingerprint density at radius 1 is 1.33 bits per heavy atom. The summed E-state index contributed by atoms with van der Waals surface area (Å²) in [5.74, 6) is 0.802. The topological polar surface area (TPSA) is 32.7 Å². The van der Waals surface area contributed by atoms with Crippen molar-refractivity contribution in [2.45, 2.75) is 64.0 Å². The molecule has 2 heterocycles. The molecular formula is C15H27NO2. The van der Waals surface area contributed by atoms with Crippen molar-refractivity contribution in [1.29, 1.82) is 0 Å². The molecule has 2 unspecified atom stereocenters. The smallest absolute Gasteiger partial charge is 0.129 e. The second kappa shape index (κ2) is 6.07. The lowest BCUT2D eigenvalue weighted by Crippen LogP contribution is -2.56. The second-order valence-electron chi connectivity index (χ2n) is 5.76. The van der Waals surface area contributed by atoms with Crippen molar-refractivity contribution >= 4 is 0 Å². The number of rotatable bonds is 4. The first-order valence-corrected chi connectivity index (χ1v) is 7.44. The molecule has 0 bridgehead atoms. The second-order valence-corrected chi connectivity index (χ2v) is 5.76. The number of nitrogens with zero attached hydrogens (tertiary/aromatic N) is 1. The Kier molecular flexibility index (Phi) is 4.68. The Labute approximate surface area is 111 Å². The summed E-state index contributed by atoms with van der Waals surface area (Å²) >= 11 is 0. The highest BCUT2D eigenvalue weighted by Gasteiger charge is 2.40. The lowest BCUT2D eigenvalue weighted by molar-refractivity contribution is -0.0439. The first-order valence-electron chi connectivity index (χ1n) is 7.44. The van der Waals surface area contributed by atoms with Crippen molar-refractivity contribution in [2.75, 3.05) is 19.7 Å². The summed E-state index contributed by atoms with van der Waals surface area (Å²) < 4.78 is 5.66. The van der Waals surface area contributed by atoms with Crippen molar-refractivity contribution < 1.29 is 9.84 Å². The zero-order chi connectivity index (χ0) is 13.0. The highest BCUT2D eigenvalue weighted by atomic mass is 16.5. The average Bonchev–Trinajstić information content (AvgIpc) is 2.47. The van der Waals surface area contributed by atoms with Gasteiger partial charge in [-0.1, -0.05) is 13.3 Å². The van der Waals surface area contributed by atoms with Crippen molar-refractivity contribution in [3.63, 3.8) is 0 Å². The molecule has 104 valence electrons. The molecule has 3 heteroatoms. The van der Waals surface area contributed by atoms with Crippen LogP contribution >= 0.6 is 0 Å². The van der Waals surface area contributed by atoms with Crippen molar-refractivity contribution in [2.24, 2.45) is 0 Å². The van der Waals surface area contributed by atoms with E-state index in [9.17, 15) is 5.11 Å². The molecule has 1 N–H and O–H groups in total. The van der Waals surface area contributed by atoms with Crippen LogP contribution in [0.25, 0.3) is 0 Å². The van der Waals surface area contributed by atoms with E-state index in [1.807, 2.05) is 0 Å². The van der Waals surface area contributed by atoms with E-state index in [0.29, 0.717) is 0 Å². The molecular weight excluding hydrogens is 226 g/mol. The Morgan fingerprint density at radius 2 is 2.06 bits per heavy atom. The highest BCUT2D eigenvalue weighted by molar-refractivity contribution is 5.11. The summed E-state index contributed by atoms with van der Waals surface area (Å²) in [6, 6.07) is 0. The van der Waals surface area contributed by atoms with Gasteiger partial charge in [0.1, 0.15) is 11.9 Å². The SMILES string of the molecule is CCC(C)(C(O)C1=CCCCO1)N1CCCCC1. The van der Waals surface area contributed by atoms with Crippen LogP contribution in [0.2, 0.25) is 0 Å². The minimum Gasteiger partial charge on any atom is -0.495 e. The monoisotopic (exact) mass is 253 g/mol. The van der Waals surface area contributed by atoms with Crippen LogP contribution in [0.1, 0.15) is 52.4 Å². The number of aliphatic hydroxyl groups is 1. The van der Waals surface area contributed by atoms with Gasteiger partial charge in [0.25, 0.3) is 0 Å². The van der Waals surface area contributed by atoms with Crippen LogP contribution < -0.4 is 0 Å². The Bertz CT molecular complexity index is 297. The minimum absolute atomic E-state index is 0.177. The van der Waals surface area contributed by atoms with Gasteiger partial charge in [0.15, 0.2) is 0 Å². The van der Waals surface area contributed by atoms with E-state index in [2.05, 4.69) is 24.8 Å². The third-order valence-electron chi connectivity index (χ3n) is 4.62. The molecule has 3 nitrogen and oxygen atoms in total. The maximum atomic E-state index is 10.7. The lowest BCUT2D eigenvalue weighted by Gasteiger charge is -2.46. The maximum absolute atomic E-state index is 10.7. The highest BCUT2D eigenvalue weighted by Crippen LogP contribution is 2.32. The number of piperidine rings is 1. The van der Waals surface area contributed by atoms with E-state index in [0.717, 1.165) is 44.7 Å². The molecule has 2 rings (SSSR count). The normalized spacial score (nSPS) is 26.9. The van der Waals surface area contributed by atoms with Gasteiger partial charge in [-0.2, -0.15) is 0 Å². The summed E-state index contributed by atoms with van der Waals surface area (Å²) in [5.41, 5.74) is -0.177. The van der Waals surface area contributed by atoms with E-state index in [1.165, 1.54) is 19.3 Å². The van der Waals surface area contributed by atoms with Crippen LogP contribution in [-0.4, -0.2) is 41.3 Å². The number of hydrogen-bond donors (Lipinski definition) is 1. The predicted octanol–water partition coefficient (Wildman–Crippen LogP) is 2.70. The maximum Gasteiger partial charge on any atom is 0.129 e. The lowest BCUT2D eigenvalue weighted by atomic mass is 9.86. The predicted molar refractivity (Wildman–Crippen MR) is 73.4 cm³/mol. The summed E-state index contributed by atoms with van der Waals surface area (Å²) in [6.45, 7) is 7.31. The molecule has 1 saturated heterocycles. The van der Waals surface area contributed by atoms with E-state index < -0.39 is 6.10 Å². The van der Waals surface area contributed by atoms with E-state index in [4.69, 9.17) is 4.74 Å². The fourth-order valence-corrected chi connectivity index (χ4v) is 3.07. The third-order valence-corrected chi connectivity index (χ3v) is 4.62.